The minimum absolute atomic E-state index is 0.00757. The molecule has 6 fully saturated rings. The van der Waals surface area contributed by atoms with Gasteiger partial charge in [-0.2, -0.15) is 0 Å². The molecule has 2 aromatic carbocycles. The Morgan fingerprint density at radius 1 is 0.923 bits per heavy atom. The van der Waals surface area contributed by atoms with Crippen molar-refractivity contribution in [2.75, 3.05) is 36.4 Å². The van der Waals surface area contributed by atoms with Crippen LogP contribution in [0.25, 0.3) is 11.0 Å². The third-order valence-electron chi connectivity index (χ3n) is 16.1. The molecule has 5 heterocycles. The molecule has 3 N–H and O–H groups in total. The molecule has 5 aromatic rings. The van der Waals surface area contributed by atoms with Gasteiger partial charge in [0.05, 0.1) is 22.9 Å². The number of benzene rings is 2. The van der Waals surface area contributed by atoms with Crippen LogP contribution in [0.2, 0.25) is 0 Å². The number of rotatable bonds is 13. The predicted molar refractivity (Wildman–Crippen MR) is 249 cm³/mol. The highest BCUT2D eigenvalue weighted by atomic mass is 32.2. The summed E-state index contributed by atoms with van der Waals surface area (Å²) in [5.41, 5.74) is 5.13. The van der Waals surface area contributed by atoms with E-state index in [-0.39, 0.29) is 28.1 Å². The van der Waals surface area contributed by atoms with Crippen molar-refractivity contribution in [3.8, 4) is 11.5 Å². The summed E-state index contributed by atoms with van der Waals surface area (Å²) < 4.78 is 36.0. The summed E-state index contributed by atoms with van der Waals surface area (Å²) in [5.74, 6) is 1.46. The second kappa shape index (κ2) is 15.8. The van der Waals surface area contributed by atoms with Gasteiger partial charge in [-0.25, -0.2) is 23.1 Å². The molecular weight excluding hydrogens is 841 g/mol. The number of fused-ring (bicyclic) bond motifs is 2. The standard InChI is InChI=1S/C50H58N8O6S/c1-48(2)15-11-32(12-16-48)29-52-46-43(58(60)61)25-39(31-54-46)65(62,63)55-47(59)41-10-9-36(24-44(41)64-38-23-34-13-19-51-45(34)53-30-38)56-21-17-49(18-22-56)27-37(28-49)57-20-14-35-26-50(35,57)42-6-4-3-5-40(42)33-7-8-33/h3-6,9-10,13,19,23-25,30-33,35,37H,7-8,11-12,14-18,20-22,26-29H2,1-2H3,(H,51,53)(H,52,54)(H,55,59). The van der Waals surface area contributed by atoms with Gasteiger partial charge in [-0.3, -0.25) is 19.8 Å². The van der Waals surface area contributed by atoms with Crippen LogP contribution in [0, 0.1) is 32.8 Å². The number of nitrogens with zero attached hydrogens (tertiary/aromatic N) is 5. The van der Waals surface area contributed by atoms with Gasteiger partial charge in [-0.15, -0.1) is 0 Å². The number of hydrogen-bond acceptors (Lipinski definition) is 11. The fourth-order valence-corrected chi connectivity index (χ4v) is 13.0. The molecule has 2 saturated heterocycles. The normalized spacial score (nSPS) is 24.1. The molecule has 4 aliphatic carbocycles. The Balaban J connectivity index is 0.787. The summed E-state index contributed by atoms with van der Waals surface area (Å²) in [5, 5.41) is 16.1. The van der Waals surface area contributed by atoms with Crippen LogP contribution >= 0.6 is 0 Å². The van der Waals surface area contributed by atoms with Crippen molar-refractivity contribution >= 4 is 44.2 Å². The molecule has 4 saturated carbocycles. The van der Waals surface area contributed by atoms with Crippen molar-refractivity contribution in [1.29, 1.82) is 0 Å². The maximum Gasteiger partial charge on any atom is 0.312 e. The van der Waals surface area contributed by atoms with E-state index in [0.717, 1.165) is 86.8 Å². The highest BCUT2D eigenvalue weighted by molar-refractivity contribution is 7.90. The lowest BCUT2D eigenvalue weighted by molar-refractivity contribution is -0.384. The summed E-state index contributed by atoms with van der Waals surface area (Å²) in [4.78, 5) is 41.9. The van der Waals surface area contributed by atoms with E-state index < -0.39 is 31.4 Å². The molecule has 340 valence electrons. The van der Waals surface area contributed by atoms with Gasteiger partial charge in [0.15, 0.2) is 0 Å². The van der Waals surface area contributed by atoms with Gasteiger partial charge < -0.3 is 19.9 Å². The molecule has 3 aromatic heterocycles. The lowest BCUT2D eigenvalue weighted by Crippen LogP contribution is -2.56. The van der Waals surface area contributed by atoms with Crippen molar-refractivity contribution in [1.82, 2.24) is 24.6 Å². The van der Waals surface area contributed by atoms with E-state index in [9.17, 15) is 23.3 Å². The van der Waals surface area contributed by atoms with Crippen molar-refractivity contribution in [3.63, 3.8) is 0 Å². The molecule has 2 atom stereocenters. The topological polar surface area (TPSA) is 176 Å². The zero-order valence-electron chi connectivity index (χ0n) is 37.2. The zero-order chi connectivity index (χ0) is 44.7. The number of ether oxygens (including phenoxy) is 1. The molecule has 15 heteroatoms. The SMILES string of the molecule is CC1(C)CCC(CNc2ncc(S(=O)(=O)NC(=O)c3ccc(N4CCC5(CC4)CC(N4CCC6CC64c4ccccc4C4CC4)C5)cc3Oc3cnc4[nH]ccc4c3)cc2[N+](=O)[O-])CC1. The molecule has 1 amide bonds. The van der Waals surface area contributed by atoms with Crippen molar-refractivity contribution in [2.45, 2.75) is 113 Å². The molecule has 65 heavy (non-hydrogen) atoms. The monoisotopic (exact) mass is 898 g/mol. The second-order valence-corrected chi connectivity index (χ2v) is 22.5. The number of anilines is 2. The van der Waals surface area contributed by atoms with Gasteiger partial charge in [0, 0.05) is 60.6 Å². The van der Waals surface area contributed by atoms with Crippen LogP contribution in [-0.2, 0) is 15.6 Å². The van der Waals surface area contributed by atoms with Gasteiger partial charge in [0.1, 0.15) is 22.0 Å². The fraction of sp³-hybridized carbons (Fsp3) is 0.500. The van der Waals surface area contributed by atoms with E-state index in [0.29, 0.717) is 35.3 Å². The third-order valence-corrected chi connectivity index (χ3v) is 17.4. The Bertz CT molecular complexity index is 2780. The first-order valence-corrected chi connectivity index (χ1v) is 25.1. The Morgan fingerprint density at radius 2 is 1.71 bits per heavy atom. The number of likely N-dealkylation sites (tertiary alicyclic amines) is 1. The first-order valence-electron chi connectivity index (χ1n) is 23.6. The number of nitro groups is 1. The van der Waals surface area contributed by atoms with Crippen LogP contribution < -0.4 is 19.7 Å². The largest absolute Gasteiger partial charge is 0.455 e. The van der Waals surface area contributed by atoms with E-state index in [1.165, 1.54) is 45.1 Å². The number of amides is 1. The lowest BCUT2D eigenvalue weighted by atomic mass is 9.59. The average molecular weight is 899 g/mol. The number of hydrogen-bond donors (Lipinski definition) is 3. The number of aromatic nitrogens is 3. The number of sulfonamides is 1. The third kappa shape index (κ3) is 7.91. The molecule has 11 rings (SSSR count). The number of H-pyrrole nitrogens is 1. The van der Waals surface area contributed by atoms with Crippen LogP contribution in [0.3, 0.4) is 0 Å². The van der Waals surface area contributed by atoms with E-state index >= 15 is 0 Å². The van der Waals surface area contributed by atoms with Crippen molar-refractivity contribution < 1.29 is 22.9 Å². The van der Waals surface area contributed by atoms with Crippen LogP contribution in [-0.4, -0.2) is 71.3 Å². The van der Waals surface area contributed by atoms with Gasteiger partial charge >= 0.3 is 5.69 Å². The van der Waals surface area contributed by atoms with Crippen LogP contribution in [0.4, 0.5) is 17.2 Å². The summed E-state index contributed by atoms with van der Waals surface area (Å²) in [6.45, 7) is 7.90. The van der Waals surface area contributed by atoms with Gasteiger partial charge in [0.2, 0.25) is 5.82 Å². The Kier molecular flexibility index (Phi) is 10.3. The smallest absolute Gasteiger partial charge is 0.312 e. The summed E-state index contributed by atoms with van der Waals surface area (Å²) in [7, 11) is -4.59. The van der Waals surface area contributed by atoms with Gasteiger partial charge in [0.25, 0.3) is 15.9 Å². The molecular formula is C50H58N8O6S. The van der Waals surface area contributed by atoms with E-state index in [4.69, 9.17) is 4.74 Å². The maximum atomic E-state index is 14.0. The fourth-order valence-electron chi connectivity index (χ4n) is 12.0. The molecule has 2 aliphatic heterocycles. The summed E-state index contributed by atoms with van der Waals surface area (Å²) in [6, 6.07) is 19.7. The molecule has 0 radical (unpaired) electrons. The summed E-state index contributed by atoms with van der Waals surface area (Å²) in [6.07, 6.45) is 18.4. The summed E-state index contributed by atoms with van der Waals surface area (Å²) >= 11 is 0. The number of pyridine rings is 2. The lowest BCUT2D eigenvalue weighted by Gasteiger charge is -2.56. The van der Waals surface area contributed by atoms with Crippen LogP contribution in [0.15, 0.2) is 84.1 Å². The Labute approximate surface area is 380 Å². The number of carbonyl (C=O) groups is 1. The van der Waals surface area contributed by atoms with Gasteiger partial charge in [-0.05, 0) is 148 Å². The Hall–Kier alpha value is -5.54. The molecule has 1 spiro atoms. The number of nitrogens with one attached hydrogen (secondary N) is 3. The highest BCUT2D eigenvalue weighted by Crippen LogP contribution is 2.67. The zero-order valence-corrected chi connectivity index (χ0v) is 38.0. The van der Waals surface area contributed by atoms with E-state index in [1.54, 1.807) is 41.7 Å². The van der Waals surface area contributed by atoms with Crippen molar-refractivity contribution in [2.24, 2.45) is 22.7 Å². The van der Waals surface area contributed by atoms with Crippen LogP contribution in [0.5, 0.6) is 11.5 Å². The molecule has 6 aliphatic rings. The number of carbonyl (C=O) groups excluding carboxylic acids is 1. The maximum absolute atomic E-state index is 14.0. The minimum atomic E-state index is -4.59. The average Bonchev–Trinajstić information content (AvgIpc) is 4.18. The second-order valence-electron chi connectivity index (χ2n) is 20.8. The molecule has 2 unspecified atom stereocenters. The first kappa shape index (κ1) is 42.1. The Morgan fingerprint density at radius 3 is 2.46 bits per heavy atom. The first-order chi connectivity index (χ1) is 31.3. The predicted octanol–water partition coefficient (Wildman–Crippen LogP) is 9.65. The van der Waals surface area contributed by atoms with Crippen LogP contribution in [0.1, 0.15) is 118 Å². The van der Waals surface area contributed by atoms with E-state index in [2.05, 4.69) is 72.9 Å². The number of piperidine rings is 2. The van der Waals surface area contributed by atoms with Crippen molar-refractivity contribution in [3.05, 3.63) is 106 Å². The quantitative estimate of drug-likeness (QED) is 0.0758. The minimum Gasteiger partial charge on any atom is -0.455 e. The van der Waals surface area contributed by atoms with E-state index in [1.807, 2.05) is 12.1 Å². The molecule has 0 bridgehead atoms. The highest BCUT2D eigenvalue weighted by Gasteiger charge is 2.67. The van der Waals surface area contributed by atoms with Gasteiger partial charge in [-0.1, -0.05) is 38.1 Å². The number of aromatic amines is 1. The molecule has 14 nitrogen and oxygen atoms in total.